The molecule has 0 radical (unpaired) electrons. The van der Waals surface area contributed by atoms with Crippen LogP contribution in [0.2, 0.25) is 0 Å². The van der Waals surface area contributed by atoms with Crippen LogP contribution in [0.1, 0.15) is 58.5 Å². The van der Waals surface area contributed by atoms with Crippen molar-refractivity contribution in [3.8, 4) is 11.1 Å². The summed E-state index contributed by atoms with van der Waals surface area (Å²) >= 11 is 0. The number of carbonyl (C=O) groups excluding carboxylic acids is 1. The maximum absolute atomic E-state index is 16.1. The lowest BCUT2D eigenvalue weighted by molar-refractivity contribution is 0.0134. The Balaban J connectivity index is 1.60. The van der Waals surface area contributed by atoms with E-state index in [0.29, 0.717) is 23.6 Å². The van der Waals surface area contributed by atoms with Crippen molar-refractivity contribution in [1.82, 2.24) is 19.4 Å². The summed E-state index contributed by atoms with van der Waals surface area (Å²) in [5.41, 5.74) is 0.531. The molecule has 1 atom stereocenters. The smallest absolute Gasteiger partial charge is 0.287 e. The van der Waals surface area contributed by atoms with Crippen molar-refractivity contribution in [2.75, 3.05) is 0 Å². The van der Waals surface area contributed by atoms with Crippen molar-refractivity contribution >= 4 is 5.91 Å². The van der Waals surface area contributed by atoms with Gasteiger partial charge in [-0.2, -0.15) is 8.78 Å². The van der Waals surface area contributed by atoms with Gasteiger partial charge >= 0.3 is 0 Å². The number of hydrogen-bond donors (Lipinski definition) is 2. The standard InChI is InChI=1S/C30H29F4N5O/c1-17-13-20(8-9-24(17)31)26(19-6-7-19)37-28(40)23-15-18(16-39-12-11-38(3)29(39)35)14-22(25(23)32)21-5-4-10-36-27(21)30(2,33)34/h4-5,8-15,19,26,35H,6-7,16H2,1-3H3,(H,37,40)/t26-/m0/s1. The topological polar surface area (TPSA) is 75.7 Å². The number of pyridine rings is 1. The summed E-state index contributed by atoms with van der Waals surface area (Å²) in [6, 6.07) is 9.74. The first kappa shape index (κ1) is 27.4. The highest BCUT2D eigenvalue weighted by molar-refractivity contribution is 5.96. The molecule has 10 heteroatoms. The Bertz CT molecular complexity index is 1650. The van der Waals surface area contributed by atoms with Gasteiger partial charge in [-0.3, -0.25) is 15.2 Å². The predicted molar refractivity (Wildman–Crippen MR) is 142 cm³/mol. The third kappa shape index (κ3) is 5.43. The van der Waals surface area contributed by atoms with Crippen molar-refractivity contribution in [2.45, 2.75) is 45.2 Å². The molecule has 1 aliphatic rings. The zero-order valence-corrected chi connectivity index (χ0v) is 22.3. The van der Waals surface area contributed by atoms with E-state index in [9.17, 15) is 18.0 Å². The van der Waals surface area contributed by atoms with Crippen molar-refractivity contribution in [3.05, 3.63) is 106 Å². The van der Waals surface area contributed by atoms with E-state index in [1.165, 1.54) is 36.5 Å². The molecule has 4 aromatic rings. The van der Waals surface area contributed by atoms with Crippen LogP contribution >= 0.6 is 0 Å². The van der Waals surface area contributed by atoms with Crippen LogP contribution in [0, 0.1) is 29.9 Å². The van der Waals surface area contributed by atoms with E-state index in [0.717, 1.165) is 12.8 Å². The molecule has 5 rings (SSSR count). The van der Waals surface area contributed by atoms with Crippen LogP contribution in [0.3, 0.4) is 0 Å². The molecule has 0 aliphatic heterocycles. The van der Waals surface area contributed by atoms with Gasteiger partial charge in [0.25, 0.3) is 11.8 Å². The van der Waals surface area contributed by atoms with Crippen molar-refractivity contribution < 1.29 is 22.4 Å². The largest absolute Gasteiger partial charge is 0.345 e. The van der Waals surface area contributed by atoms with E-state index in [1.54, 1.807) is 47.6 Å². The molecule has 0 unspecified atom stereocenters. The summed E-state index contributed by atoms with van der Waals surface area (Å²) in [5, 5.41) is 11.2. The first-order valence-corrected chi connectivity index (χ1v) is 12.9. The van der Waals surface area contributed by atoms with Crippen LogP contribution in [0.15, 0.2) is 61.1 Å². The summed E-state index contributed by atoms with van der Waals surface area (Å²) in [6.45, 7) is 2.43. The monoisotopic (exact) mass is 551 g/mol. The van der Waals surface area contributed by atoms with Gasteiger partial charge in [0.05, 0.1) is 18.2 Å². The van der Waals surface area contributed by atoms with Crippen molar-refractivity contribution in [1.29, 1.82) is 5.41 Å². The van der Waals surface area contributed by atoms with Gasteiger partial charge in [0.15, 0.2) is 0 Å². The number of aryl methyl sites for hydroxylation is 2. The average Bonchev–Trinajstić information content (AvgIpc) is 3.71. The Hall–Kier alpha value is -4.21. The Morgan fingerprint density at radius 3 is 2.52 bits per heavy atom. The number of hydrogen-bond acceptors (Lipinski definition) is 3. The maximum atomic E-state index is 16.1. The van der Waals surface area contributed by atoms with Crippen molar-refractivity contribution in [3.63, 3.8) is 0 Å². The van der Waals surface area contributed by atoms with E-state index in [4.69, 9.17) is 5.41 Å². The first-order chi connectivity index (χ1) is 18.9. The summed E-state index contributed by atoms with van der Waals surface area (Å²) in [4.78, 5) is 17.5. The molecular weight excluding hydrogens is 522 g/mol. The highest BCUT2D eigenvalue weighted by Crippen LogP contribution is 2.42. The van der Waals surface area contributed by atoms with Gasteiger partial charge in [0.2, 0.25) is 5.62 Å². The molecule has 2 heterocycles. The lowest BCUT2D eigenvalue weighted by atomic mass is 9.94. The minimum atomic E-state index is -3.36. The van der Waals surface area contributed by atoms with E-state index >= 15 is 4.39 Å². The summed E-state index contributed by atoms with van der Waals surface area (Å²) in [6.07, 6.45) is 6.28. The minimum absolute atomic E-state index is 0.106. The molecule has 0 spiro atoms. The Morgan fingerprint density at radius 2 is 1.90 bits per heavy atom. The average molecular weight is 552 g/mol. The minimum Gasteiger partial charge on any atom is -0.345 e. The van der Waals surface area contributed by atoms with E-state index in [1.807, 2.05) is 0 Å². The number of amides is 1. The van der Waals surface area contributed by atoms with Crippen LogP contribution in [-0.4, -0.2) is 20.0 Å². The lowest BCUT2D eigenvalue weighted by Gasteiger charge is -2.21. The molecular formula is C30H29F4N5O. The van der Waals surface area contributed by atoms with Crippen LogP contribution in [0.5, 0.6) is 0 Å². The van der Waals surface area contributed by atoms with Crippen molar-refractivity contribution in [2.24, 2.45) is 13.0 Å². The number of nitrogens with zero attached hydrogens (tertiary/aromatic N) is 3. The number of benzene rings is 2. The zero-order chi connectivity index (χ0) is 28.8. The Kier molecular flexibility index (Phi) is 7.12. The second-order valence-corrected chi connectivity index (χ2v) is 10.5. The molecule has 40 heavy (non-hydrogen) atoms. The highest BCUT2D eigenvalue weighted by Gasteiger charge is 2.35. The van der Waals surface area contributed by atoms with Crippen LogP contribution in [0.4, 0.5) is 17.6 Å². The zero-order valence-electron chi connectivity index (χ0n) is 22.3. The van der Waals surface area contributed by atoms with Gasteiger partial charge in [-0.05, 0) is 66.6 Å². The number of carbonyl (C=O) groups is 1. The van der Waals surface area contributed by atoms with E-state index in [-0.39, 0.29) is 40.6 Å². The molecule has 208 valence electrons. The van der Waals surface area contributed by atoms with Gasteiger partial charge in [-0.1, -0.05) is 18.2 Å². The van der Waals surface area contributed by atoms with Gasteiger partial charge in [-0.25, -0.2) is 8.78 Å². The fourth-order valence-electron chi connectivity index (χ4n) is 4.94. The molecule has 1 fully saturated rings. The number of halogens is 4. The lowest BCUT2D eigenvalue weighted by Crippen LogP contribution is -2.31. The van der Waals surface area contributed by atoms with Gasteiger partial charge in [0.1, 0.15) is 17.3 Å². The van der Waals surface area contributed by atoms with Gasteiger partial charge in [0, 0.05) is 43.7 Å². The summed E-state index contributed by atoms with van der Waals surface area (Å²) < 4.78 is 62.2. The van der Waals surface area contributed by atoms with Crippen LogP contribution in [0.25, 0.3) is 11.1 Å². The van der Waals surface area contributed by atoms with E-state index < -0.39 is 29.4 Å². The number of aromatic nitrogens is 3. The fourth-order valence-corrected chi connectivity index (χ4v) is 4.94. The first-order valence-electron chi connectivity index (χ1n) is 12.9. The maximum Gasteiger partial charge on any atom is 0.287 e. The molecule has 1 aliphatic carbocycles. The predicted octanol–water partition coefficient (Wildman–Crippen LogP) is 6.00. The Labute approximate surface area is 228 Å². The molecule has 2 aromatic carbocycles. The quantitative estimate of drug-likeness (QED) is 0.264. The third-order valence-corrected chi connectivity index (χ3v) is 7.24. The molecule has 0 saturated heterocycles. The molecule has 1 amide bonds. The van der Waals surface area contributed by atoms with Crippen LogP contribution in [-0.2, 0) is 19.5 Å². The Morgan fingerprint density at radius 1 is 1.15 bits per heavy atom. The SMILES string of the molecule is Cc1cc([C@@H](NC(=O)c2cc(Cn3ccn(C)c3=N)cc(-c3cccnc3C(C)(F)F)c2F)C2CC2)ccc1F. The van der Waals surface area contributed by atoms with E-state index in [2.05, 4.69) is 10.3 Å². The summed E-state index contributed by atoms with van der Waals surface area (Å²) in [7, 11) is 1.70. The van der Waals surface area contributed by atoms with Gasteiger partial charge < -0.3 is 14.5 Å². The normalized spacial score (nSPS) is 14.3. The second-order valence-electron chi connectivity index (χ2n) is 10.5. The van der Waals surface area contributed by atoms with Crippen LogP contribution < -0.4 is 10.9 Å². The molecule has 2 aromatic heterocycles. The summed E-state index contributed by atoms with van der Waals surface area (Å²) in [5.74, 6) is -5.26. The molecule has 1 saturated carbocycles. The third-order valence-electron chi connectivity index (χ3n) is 7.24. The molecule has 6 nitrogen and oxygen atoms in total. The van der Waals surface area contributed by atoms with Gasteiger partial charge in [-0.15, -0.1) is 0 Å². The molecule has 2 N–H and O–H groups in total. The number of alkyl halides is 2. The molecule has 0 bridgehead atoms. The fraction of sp³-hybridized carbons (Fsp3) is 0.300. The number of rotatable bonds is 8. The second kappa shape index (κ2) is 10.4. The number of imidazole rings is 1. The highest BCUT2D eigenvalue weighted by atomic mass is 19.3. The number of nitrogens with one attached hydrogen (secondary N) is 2.